The standard InChI is InChI=1S/C13H20N4O/c1-4-9(8-18)15-13-11(7-14)10(5-2)12(6-3)16-17-13/h9,18H,4-6,8H2,1-3H3,(H,15,17)/t9-/m1/s1. The highest BCUT2D eigenvalue weighted by Gasteiger charge is 2.16. The summed E-state index contributed by atoms with van der Waals surface area (Å²) in [7, 11) is 0. The van der Waals surface area contributed by atoms with Crippen LogP contribution in [0.1, 0.15) is 44.0 Å². The van der Waals surface area contributed by atoms with Crippen LogP contribution in [0.2, 0.25) is 0 Å². The first-order chi connectivity index (χ1) is 8.71. The Morgan fingerprint density at radius 3 is 2.44 bits per heavy atom. The minimum atomic E-state index is -0.0939. The highest BCUT2D eigenvalue weighted by atomic mass is 16.3. The lowest BCUT2D eigenvalue weighted by Gasteiger charge is -2.17. The minimum Gasteiger partial charge on any atom is -0.394 e. The first-order valence-corrected chi connectivity index (χ1v) is 6.37. The SMILES string of the molecule is CCc1nnc(N[C@H](CC)CO)c(C#N)c1CC. The first-order valence-electron chi connectivity index (χ1n) is 6.37. The van der Waals surface area contributed by atoms with Gasteiger partial charge in [0.1, 0.15) is 11.6 Å². The van der Waals surface area contributed by atoms with E-state index in [0.29, 0.717) is 11.4 Å². The number of aliphatic hydroxyl groups is 1. The molecule has 18 heavy (non-hydrogen) atoms. The van der Waals surface area contributed by atoms with Gasteiger partial charge in [-0.15, -0.1) is 5.10 Å². The molecule has 0 saturated carbocycles. The van der Waals surface area contributed by atoms with Gasteiger partial charge in [0.15, 0.2) is 5.82 Å². The Kier molecular flexibility index (Phi) is 5.53. The number of aromatic nitrogens is 2. The lowest BCUT2D eigenvalue weighted by molar-refractivity contribution is 0.271. The second-order valence-electron chi connectivity index (χ2n) is 4.10. The lowest BCUT2D eigenvalue weighted by Crippen LogP contribution is -2.24. The van der Waals surface area contributed by atoms with Gasteiger partial charge in [0.25, 0.3) is 0 Å². The molecule has 1 heterocycles. The molecular weight excluding hydrogens is 228 g/mol. The van der Waals surface area contributed by atoms with Crippen LogP contribution in [-0.2, 0) is 12.8 Å². The number of aryl methyl sites for hydroxylation is 1. The van der Waals surface area contributed by atoms with Crippen molar-refractivity contribution in [2.24, 2.45) is 0 Å². The Labute approximate surface area is 108 Å². The van der Waals surface area contributed by atoms with Crippen molar-refractivity contribution in [2.75, 3.05) is 11.9 Å². The Bertz CT molecular complexity index is 435. The average Bonchev–Trinajstić information content (AvgIpc) is 2.43. The van der Waals surface area contributed by atoms with Gasteiger partial charge in [-0.25, -0.2) is 0 Å². The van der Waals surface area contributed by atoms with Gasteiger partial charge in [-0.1, -0.05) is 20.8 Å². The number of aliphatic hydroxyl groups excluding tert-OH is 1. The number of hydrogen-bond donors (Lipinski definition) is 2. The van der Waals surface area contributed by atoms with E-state index in [-0.39, 0.29) is 12.6 Å². The minimum absolute atomic E-state index is 0.0139. The molecule has 0 unspecified atom stereocenters. The fourth-order valence-corrected chi connectivity index (χ4v) is 1.86. The molecule has 1 aromatic rings. The van der Waals surface area contributed by atoms with Crippen LogP contribution in [0.25, 0.3) is 0 Å². The molecule has 0 aliphatic heterocycles. The molecule has 0 spiro atoms. The molecule has 1 rings (SSSR count). The fraction of sp³-hybridized carbons (Fsp3) is 0.615. The van der Waals surface area contributed by atoms with Gasteiger partial charge >= 0.3 is 0 Å². The third-order valence-electron chi connectivity index (χ3n) is 3.01. The summed E-state index contributed by atoms with van der Waals surface area (Å²) < 4.78 is 0. The molecule has 0 aliphatic rings. The van der Waals surface area contributed by atoms with Crippen molar-refractivity contribution in [3.05, 3.63) is 16.8 Å². The van der Waals surface area contributed by atoms with Crippen LogP contribution < -0.4 is 5.32 Å². The normalized spacial score (nSPS) is 11.9. The number of rotatable bonds is 6. The van der Waals surface area contributed by atoms with Crippen molar-refractivity contribution >= 4 is 5.82 Å². The fourth-order valence-electron chi connectivity index (χ4n) is 1.86. The number of hydrogen-bond acceptors (Lipinski definition) is 5. The Hall–Kier alpha value is -1.67. The van der Waals surface area contributed by atoms with Crippen molar-refractivity contribution in [3.8, 4) is 6.07 Å². The molecule has 5 nitrogen and oxygen atoms in total. The van der Waals surface area contributed by atoms with E-state index < -0.39 is 0 Å². The predicted molar refractivity (Wildman–Crippen MR) is 70.3 cm³/mol. The zero-order chi connectivity index (χ0) is 13.5. The molecular formula is C13H20N4O. The maximum absolute atomic E-state index is 9.29. The van der Waals surface area contributed by atoms with Gasteiger partial charge in [0.05, 0.1) is 18.3 Å². The van der Waals surface area contributed by atoms with Crippen molar-refractivity contribution in [1.29, 1.82) is 5.26 Å². The summed E-state index contributed by atoms with van der Waals surface area (Å²) in [5.74, 6) is 0.479. The van der Waals surface area contributed by atoms with Crippen molar-refractivity contribution < 1.29 is 5.11 Å². The van der Waals surface area contributed by atoms with Gasteiger partial charge in [-0.3, -0.25) is 0 Å². The number of nitrogens with zero attached hydrogens (tertiary/aromatic N) is 3. The monoisotopic (exact) mass is 248 g/mol. The molecule has 0 bridgehead atoms. The summed E-state index contributed by atoms with van der Waals surface area (Å²) in [5.41, 5.74) is 2.37. The maximum atomic E-state index is 9.29. The zero-order valence-electron chi connectivity index (χ0n) is 11.2. The summed E-state index contributed by atoms with van der Waals surface area (Å²) >= 11 is 0. The van der Waals surface area contributed by atoms with E-state index in [0.717, 1.165) is 30.5 Å². The lowest BCUT2D eigenvalue weighted by atomic mass is 10.0. The van der Waals surface area contributed by atoms with E-state index in [1.54, 1.807) is 0 Å². The van der Waals surface area contributed by atoms with Gasteiger partial charge in [0, 0.05) is 0 Å². The van der Waals surface area contributed by atoms with Crippen molar-refractivity contribution in [1.82, 2.24) is 10.2 Å². The number of anilines is 1. The quantitative estimate of drug-likeness (QED) is 0.800. The molecule has 1 atom stereocenters. The molecule has 0 fully saturated rings. The van der Waals surface area contributed by atoms with Crippen LogP contribution in [0.4, 0.5) is 5.82 Å². The van der Waals surface area contributed by atoms with Crippen LogP contribution in [0.3, 0.4) is 0 Å². The Morgan fingerprint density at radius 1 is 1.28 bits per heavy atom. The smallest absolute Gasteiger partial charge is 0.167 e. The molecule has 0 radical (unpaired) electrons. The second-order valence-corrected chi connectivity index (χ2v) is 4.10. The van der Waals surface area contributed by atoms with E-state index in [9.17, 15) is 10.4 Å². The van der Waals surface area contributed by atoms with Crippen LogP contribution in [0, 0.1) is 11.3 Å². The predicted octanol–water partition coefficient (Wildman–Crippen LogP) is 1.66. The Balaban J connectivity index is 3.17. The highest BCUT2D eigenvalue weighted by Crippen LogP contribution is 2.20. The molecule has 0 amide bonds. The van der Waals surface area contributed by atoms with E-state index in [1.807, 2.05) is 20.8 Å². The second kappa shape index (κ2) is 6.92. The molecule has 0 aliphatic carbocycles. The average molecular weight is 248 g/mol. The molecule has 2 N–H and O–H groups in total. The summed E-state index contributed by atoms with van der Waals surface area (Å²) in [6.45, 7) is 5.98. The Morgan fingerprint density at radius 2 is 2.00 bits per heavy atom. The van der Waals surface area contributed by atoms with E-state index in [2.05, 4.69) is 21.6 Å². The van der Waals surface area contributed by atoms with E-state index in [1.165, 1.54) is 0 Å². The van der Waals surface area contributed by atoms with Crippen molar-refractivity contribution in [2.45, 2.75) is 46.1 Å². The van der Waals surface area contributed by atoms with E-state index >= 15 is 0 Å². The van der Waals surface area contributed by atoms with E-state index in [4.69, 9.17) is 0 Å². The number of nitrogens with one attached hydrogen (secondary N) is 1. The summed E-state index contributed by atoms with van der Waals surface area (Å²) in [6, 6.07) is 2.10. The van der Waals surface area contributed by atoms with Gasteiger partial charge in [0.2, 0.25) is 0 Å². The number of nitriles is 1. The highest BCUT2D eigenvalue weighted by molar-refractivity contribution is 5.56. The molecule has 0 aromatic carbocycles. The van der Waals surface area contributed by atoms with Crippen LogP contribution in [0.5, 0.6) is 0 Å². The first kappa shape index (κ1) is 14.4. The van der Waals surface area contributed by atoms with Gasteiger partial charge < -0.3 is 10.4 Å². The van der Waals surface area contributed by atoms with Crippen LogP contribution >= 0.6 is 0 Å². The third-order valence-corrected chi connectivity index (χ3v) is 3.01. The van der Waals surface area contributed by atoms with Crippen LogP contribution in [-0.4, -0.2) is 28.0 Å². The molecule has 98 valence electrons. The summed E-state index contributed by atoms with van der Waals surface area (Å²) in [6.07, 6.45) is 2.29. The zero-order valence-corrected chi connectivity index (χ0v) is 11.2. The van der Waals surface area contributed by atoms with Crippen molar-refractivity contribution in [3.63, 3.8) is 0 Å². The van der Waals surface area contributed by atoms with Crippen LogP contribution in [0.15, 0.2) is 0 Å². The van der Waals surface area contributed by atoms with Gasteiger partial charge in [-0.2, -0.15) is 10.4 Å². The summed E-state index contributed by atoms with van der Waals surface area (Å²) in [4.78, 5) is 0. The largest absolute Gasteiger partial charge is 0.394 e. The molecule has 1 aromatic heterocycles. The van der Waals surface area contributed by atoms with Gasteiger partial charge in [-0.05, 0) is 24.8 Å². The third kappa shape index (κ3) is 2.96. The topological polar surface area (TPSA) is 81.8 Å². The maximum Gasteiger partial charge on any atom is 0.167 e. The molecule has 0 saturated heterocycles. The molecule has 5 heteroatoms. The summed E-state index contributed by atoms with van der Waals surface area (Å²) in [5, 5.41) is 29.8.